The molecule has 1 aliphatic carbocycles. The minimum atomic E-state index is -0.284. The number of hydrogen-bond acceptors (Lipinski definition) is 3. The molecule has 1 fully saturated rings. The average Bonchev–Trinajstić information content (AvgIpc) is 3.15. The van der Waals surface area contributed by atoms with Crippen LogP contribution in [0.1, 0.15) is 18.4 Å². The number of carbonyl (C=O) groups is 1. The Labute approximate surface area is 112 Å². The molecule has 0 aromatic heterocycles. The van der Waals surface area contributed by atoms with E-state index in [9.17, 15) is 4.79 Å². The van der Waals surface area contributed by atoms with Crippen molar-refractivity contribution in [1.29, 1.82) is 0 Å². The van der Waals surface area contributed by atoms with Crippen LogP contribution >= 0.6 is 11.6 Å². The summed E-state index contributed by atoms with van der Waals surface area (Å²) in [6, 6.07) is 5.31. The third-order valence-corrected chi connectivity index (χ3v) is 3.46. The molecule has 0 heterocycles. The van der Waals surface area contributed by atoms with Crippen molar-refractivity contribution in [3.63, 3.8) is 0 Å². The standard InChI is InChI=1S/C14H17ClO3/c1-17-13-6-5-11(15)7-10(13)8-12(16)14(18-2)9-3-4-9/h5-7,9,14H,3-4,8H2,1-2H3. The highest BCUT2D eigenvalue weighted by molar-refractivity contribution is 6.30. The molecule has 0 amide bonds. The van der Waals surface area contributed by atoms with E-state index in [1.54, 1.807) is 32.4 Å². The molecule has 1 saturated carbocycles. The molecule has 0 N–H and O–H groups in total. The zero-order valence-corrected chi connectivity index (χ0v) is 11.4. The summed E-state index contributed by atoms with van der Waals surface area (Å²) < 4.78 is 10.5. The monoisotopic (exact) mass is 268 g/mol. The zero-order valence-electron chi connectivity index (χ0n) is 10.6. The molecular weight excluding hydrogens is 252 g/mol. The number of Topliss-reactive ketones (excluding diaryl/α,β-unsaturated/α-hetero) is 1. The highest BCUT2D eigenvalue weighted by Crippen LogP contribution is 2.35. The van der Waals surface area contributed by atoms with Gasteiger partial charge in [-0.15, -0.1) is 0 Å². The van der Waals surface area contributed by atoms with Gasteiger partial charge in [-0.05, 0) is 37.0 Å². The topological polar surface area (TPSA) is 35.5 Å². The maximum Gasteiger partial charge on any atom is 0.166 e. The van der Waals surface area contributed by atoms with Crippen molar-refractivity contribution in [2.75, 3.05) is 14.2 Å². The smallest absolute Gasteiger partial charge is 0.166 e. The summed E-state index contributed by atoms with van der Waals surface area (Å²) in [7, 11) is 3.18. The summed E-state index contributed by atoms with van der Waals surface area (Å²) in [5.41, 5.74) is 0.817. The molecule has 18 heavy (non-hydrogen) atoms. The minimum Gasteiger partial charge on any atom is -0.496 e. The van der Waals surface area contributed by atoms with Crippen molar-refractivity contribution < 1.29 is 14.3 Å². The van der Waals surface area contributed by atoms with Gasteiger partial charge >= 0.3 is 0 Å². The first-order chi connectivity index (χ1) is 8.65. The minimum absolute atomic E-state index is 0.0977. The van der Waals surface area contributed by atoms with E-state index in [0.717, 1.165) is 18.4 Å². The van der Waals surface area contributed by atoms with E-state index in [2.05, 4.69) is 0 Å². The SMILES string of the molecule is COc1ccc(Cl)cc1CC(=O)C(OC)C1CC1. The van der Waals surface area contributed by atoms with E-state index < -0.39 is 0 Å². The first-order valence-corrected chi connectivity index (χ1v) is 6.41. The zero-order chi connectivity index (χ0) is 13.1. The van der Waals surface area contributed by atoms with Crippen molar-refractivity contribution >= 4 is 17.4 Å². The number of ketones is 1. The first kappa shape index (κ1) is 13.4. The molecule has 0 spiro atoms. The number of carbonyl (C=O) groups excluding carboxylic acids is 1. The molecule has 1 aromatic rings. The van der Waals surface area contributed by atoms with Crippen LogP contribution in [0.25, 0.3) is 0 Å². The van der Waals surface area contributed by atoms with E-state index >= 15 is 0 Å². The van der Waals surface area contributed by atoms with E-state index in [4.69, 9.17) is 21.1 Å². The lowest BCUT2D eigenvalue weighted by atomic mass is 10.0. The molecule has 98 valence electrons. The Hall–Kier alpha value is -1.06. The van der Waals surface area contributed by atoms with E-state index in [1.807, 2.05) is 0 Å². The summed E-state index contributed by atoms with van der Waals surface area (Å²) in [6.07, 6.45) is 2.18. The van der Waals surface area contributed by atoms with E-state index in [0.29, 0.717) is 23.1 Å². The van der Waals surface area contributed by atoms with Crippen molar-refractivity contribution in [2.45, 2.75) is 25.4 Å². The van der Waals surface area contributed by atoms with Crippen LogP contribution in [0, 0.1) is 5.92 Å². The molecular formula is C14H17ClO3. The predicted molar refractivity (Wildman–Crippen MR) is 70.2 cm³/mol. The Kier molecular flexibility index (Phi) is 4.25. The fraction of sp³-hybridized carbons (Fsp3) is 0.500. The molecule has 0 aliphatic heterocycles. The van der Waals surface area contributed by atoms with Gasteiger partial charge in [0.2, 0.25) is 0 Å². The van der Waals surface area contributed by atoms with Crippen molar-refractivity contribution in [2.24, 2.45) is 5.92 Å². The van der Waals surface area contributed by atoms with Gasteiger partial charge in [0.05, 0.1) is 7.11 Å². The lowest BCUT2D eigenvalue weighted by Gasteiger charge is -2.14. The highest BCUT2D eigenvalue weighted by Gasteiger charge is 2.36. The molecule has 1 unspecified atom stereocenters. The number of hydrogen-bond donors (Lipinski definition) is 0. The molecule has 0 radical (unpaired) electrons. The number of ether oxygens (including phenoxy) is 2. The average molecular weight is 269 g/mol. The largest absolute Gasteiger partial charge is 0.496 e. The Morgan fingerprint density at radius 3 is 2.72 bits per heavy atom. The number of halogens is 1. The highest BCUT2D eigenvalue weighted by atomic mass is 35.5. The first-order valence-electron chi connectivity index (χ1n) is 6.03. The number of rotatable bonds is 6. The summed E-state index contributed by atoms with van der Waals surface area (Å²) in [6.45, 7) is 0. The summed E-state index contributed by atoms with van der Waals surface area (Å²) in [5.74, 6) is 1.19. The molecule has 1 atom stereocenters. The van der Waals surface area contributed by atoms with Gasteiger partial charge in [-0.2, -0.15) is 0 Å². The molecule has 2 rings (SSSR count). The lowest BCUT2D eigenvalue weighted by Crippen LogP contribution is -2.26. The molecule has 3 nitrogen and oxygen atoms in total. The normalized spacial score (nSPS) is 16.4. The van der Waals surface area contributed by atoms with E-state index in [1.165, 1.54) is 0 Å². The van der Waals surface area contributed by atoms with Gasteiger partial charge in [0.15, 0.2) is 5.78 Å². The van der Waals surface area contributed by atoms with Crippen LogP contribution in [0.4, 0.5) is 0 Å². The Morgan fingerprint density at radius 1 is 1.44 bits per heavy atom. The fourth-order valence-corrected chi connectivity index (χ4v) is 2.35. The van der Waals surface area contributed by atoms with Crippen LogP contribution < -0.4 is 4.74 Å². The quantitative estimate of drug-likeness (QED) is 0.796. The van der Waals surface area contributed by atoms with Gasteiger partial charge in [-0.25, -0.2) is 0 Å². The Balaban J connectivity index is 2.12. The summed E-state index contributed by atoms with van der Waals surface area (Å²) in [5, 5.41) is 0.610. The number of methoxy groups -OCH3 is 2. The van der Waals surface area contributed by atoms with Crippen molar-refractivity contribution in [1.82, 2.24) is 0 Å². The van der Waals surface area contributed by atoms with Gasteiger partial charge in [-0.1, -0.05) is 11.6 Å². The van der Waals surface area contributed by atoms with Gasteiger partial charge in [0, 0.05) is 24.1 Å². The van der Waals surface area contributed by atoms with E-state index in [-0.39, 0.29) is 11.9 Å². The van der Waals surface area contributed by atoms with Crippen LogP contribution in [0.3, 0.4) is 0 Å². The second kappa shape index (κ2) is 5.72. The van der Waals surface area contributed by atoms with Gasteiger partial charge in [0.1, 0.15) is 11.9 Å². The molecule has 0 bridgehead atoms. The Morgan fingerprint density at radius 2 is 2.17 bits per heavy atom. The predicted octanol–water partition coefficient (Wildman–Crippen LogP) is 2.89. The third-order valence-electron chi connectivity index (χ3n) is 3.23. The van der Waals surface area contributed by atoms with Crippen LogP contribution in [0.5, 0.6) is 5.75 Å². The maximum atomic E-state index is 12.2. The number of benzene rings is 1. The fourth-order valence-electron chi connectivity index (χ4n) is 2.16. The van der Waals surface area contributed by atoms with Gasteiger partial charge in [-0.3, -0.25) is 4.79 Å². The second-order valence-electron chi connectivity index (χ2n) is 4.59. The van der Waals surface area contributed by atoms with Crippen LogP contribution in [-0.4, -0.2) is 26.1 Å². The Bertz CT molecular complexity index is 441. The summed E-state index contributed by atoms with van der Waals surface area (Å²) >= 11 is 5.95. The van der Waals surface area contributed by atoms with Crippen LogP contribution in [0.2, 0.25) is 5.02 Å². The van der Waals surface area contributed by atoms with Gasteiger partial charge < -0.3 is 9.47 Å². The molecule has 1 aromatic carbocycles. The van der Waals surface area contributed by atoms with Crippen molar-refractivity contribution in [3.05, 3.63) is 28.8 Å². The van der Waals surface area contributed by atoms with Crippen LogP contribution in [-0.2, 0) is 16.0 Å². The van der Waals surface area contributed by atoms with Gasteiger partial charge in [0.25, 0.3) is 0 Å². The summed E-state index contributed by atoms with van der Waals surface area (Å²) in [4.78, 5) is 12.2. The lowest BCUT2D eigenvalue weighted by molar-refractivity contribution is -0.129. The van der Waals surface area contributed by atoms with Crippen molar-refractivity contribution in [3.8, 4) is 5.75 Å². The second-order valence-corrected chi connectivity index (χ2v) is 5.03. The van der Waals surface area contributed by atoms with Crippen LogP contribution in [0.15, 0.2) is 18.2 Å². The molecule has 4 heteroatoms. The maximum absolute atomic E-state index is 12.2. The third kappa shape index (κ3) is 3.03. The molecule has 1 aliphatic rings. The molecule has 0 saturated heterocycles.